The van der Waals surface area contributed by atoms with E-state index in [0.717, 1.165) is 24.3 Å². The zero-order valence-corrected chi connectivity index (χ0v) is 53.0. The molecule has 0 aromatic heterocycles. The van der Waals surface area contributed by atoms with Crippen molar-refractivity contribution in [3.05, 3.63) is 118 Å². The van der Waals surface area contributed by atoms with E-state index < -0.39 is 90.7 Å². The van der Waals surface area contributed by atoms with Gasteiger partial charge in [0.1, 0.15) is 24.7 Å². The first-order valence-electron chi connectivity index (χ1n) is 28.5. The van der Waals surface area contributed by atoms with Crippen LogP contribution in [0.2, 0.25) is 0 Å². The number of benzene rings is 4. The molecule has 0 heterocycles. The summed E-state index contributed by atoms with van der Waals surface area (Å²) in [6.07, 6.45) is 1.05. The molecule has 0 aliphatic carbocycles. The van der Waals surface area contributed by atoms with Gasteiger partial charge in [0.25, 0.3) is 11.8 Å². The molecule has 0 unspecified atom stereocenters. The monoisotopic (exact) mass is 1370 g/mol. The minimum Gasteiger partial charge on any atom is -0.451 e. The van der Waals surface area contributed by atoms with Crippen molar-refractivity contribution in [2.45, 2.75) is 23.6 Å². The SMILES string of the molecule is C/C(=C\c1cc(F)c(Oc2ccc(S(=O)(=O)NCCOCCOCCOCCNC(=O)OCCOCCOCCOC(=O)NCCOCCOCCOCCNS(=O)(=O)c3ccc(Oc4c(F)cc(/C=C(\C)C(=O)N=C(N)N)cc4F)cc3)cc2)c(F)c1)C(=O)N=C(N)N. The minimum absolute atomic E-state index is 0.00487. The van der Waals surface area contributed by atoms with Crippen molar-refractivity contribution in [1.29, 1.82) is 0 Å². The number of carbonyl (C=O) groups is 4. The quantitative estimate of drug-likeness (QED) is 0.0104. The van der Waals surface area contributed by atoms with Crippen molar-refractivity contribution in [3.8, 4) is 23.0 Å². The third-order valence-corrected chi connectivity index (χ3v) is 14.5. The van der Waals surface area contributed by atoms with E-state index in [-0.39, 0.29) is 189 Å². The number of alkyl carbamates (subject to hydrolysis) is 2. The molecule has 4 aromatic carbocycles. The van der Waals surface area contributed by atoms with E-state index in [1.165, 1.54) is 74.5 Å². The second kappa shape index (κ2) is 42.8. The summed E-state index contributed by atoms with van der Waals surface area (Å²) in [5, 5.41) is 5.06. The van der Waals surface area contributed by atoms with Gasteiger partial charge in [0.2, 0.25) is 20.0 Å². The number of nitrogens with two attached hydrogens (primary N) is 4. The fourth-order valence-electron chi connectivity index (χ4n) is 7.17. The van der Waals surface area contributed by atoms with Crippen LogP contribution in [0.1, 0.15) is 25.0 Å². The molecule has 0 aliphatic rings. The highest BCUT2D eigenvalue weighted by Crippen LogP contribution is 2.32. The molecule has 0 saturated heterocycles. The van der Waals surface area contributed by atoms with Gasteiger partial charge in [0.05, 0.1) is 116 Å². The third kappa shape index (κ3) is 31.5. The van der Waals surface area contributed by atoms with Gasteiger partial charge in [0, 0.05) is 37.3 Å². The molecular weight excluding hydrogens is 1300 g/mol. The van der Waals surface area contributed by atoms with Crippen molar-refractivity contribution < 1.29 is 110 Å². The lowest BCUT2D eigenvalue weighted by atomic mass is 10.1. The summed E-state index contributed by atoms with van der Waals surface area (Å²) in [6.45, 7) is 5.69. The summed E-state index contributed by atoms with van der Waals surface area (Å²) in [4.78, 5) is 54.0. The molecule has 0 radical (unpaired) electrons. The lowest BCUT2D eigenvalue weighted by Gasteiger charge is -2.11. The van der Waals surface area contributed by atoms with Crippen LogP contribution in [0.3, 0.4) is 0 Å². The summed E-state index contributed by atoms with van der Waals surface area (Å²) in [5.74, 6) is -8.43. The van der Waals surface area contributed by atoms with E-state index in [0.29, 0.717) is 0 Å². The van der Waals surface area contributed by atoms with Gasteiger partial charge in [0.15, 0.2) is 46.7 Å². The second-order valence-electron chi connectivity index (χ2n) is 18.9. The van der Waals surface area contributed by atoms with Gasteiger partial charge in [-0.3, -0.25) is 9.59 Å². The van der Waals surface area contributed by atoms with Crippen LogP contribution in [0.4, 0.5) is 27.2 Å². The van der Waals surface area contributed by atoms with Gasteiger partial charge < -0.3 is 90.4 Å². The summed E-state index contributed by atoms with van der Waals surface area (Å²) < 4.78 is 179. The summed E-state index contributed by atoms with van der Waals surface area (Å²) >= 11 is 0. The maximum absolute atomic E-state index is 14.8. The number of nitrogens with zero attached hydrogens (tertiary/aromatic N) is 2. The Kier molecular flexibility index (Phi) is 35.5. The minimum atomic E-state index is -3.96. The number of amides is 4. The van der Waals surface area contributed by atoms with Crippen LogP contribution < -0.4 is 52.5 Å². The highest BCUT2D eigenvalue weighted by molar-refractivity contribution is 7.89. The Morgan fingerprint density at radius 3 is 0.968 bits per heavy atom. The number of carbonyl (C=O) groups excluding carboxylic acids is 4. The largest absolute Gasteiger partial charge is 0.451 e. The standard InChI is InChI=1S/C58H76F4N10O20S2/c1-39(53(73)71-55(63)64)33-41-35-47(59)51(48(60)36-41)91-43-3-7-45(8-4-43)93(77,78)69-13-17-83-21-25-85-23-19-81-15-11-67-57(75)89-31-29-87-27-28-88-30-32-90-58(76)68-12-16-82-20-24-86-26-22-84-18-14-70-94(79,80)46-9-5-44(6-10-46)92-52-49(61)37-42(38-50(52)62)34-40(2)54(74)72-56(65)66/h3-10,33-38,69-70H,11-32H2,1-2H3,(H,67,75)(H,68,76)(H4,63,64,71,73)(H4,65,66,72,74)/b39-33+,40-34+. The molecular formula is C58H76F4N10O20S2. The Morgan fingerprint density at radius 2 is 0.681 bits per heavy atom. The molecule has 4 rings (SSSR count). The first kappa shape index (κ1) is 78.0. The maximum atomic E-state index is 14.8. The number of rotatable bonds is 45. The van der Waals surface area contributed by atoms with Crippen molar-refractivity contribution in [3.63, 3.8) is 0 Å². The van der Waals surface area contributed by atoms with E-state index >= 15 is 0 Å². The zero-order chi connectivity index (χ0) is 68.7. The zero-order valence-electron chi connectivity index (χ0n) is 51.3. The van der Waals surface area contributed by atoms with Gasteiger partial charge in [-0.15, -0.1) is 0 Å². The first-order valence-corrected chi connectivity index (χ1v) is 31.5. The molecule has 12 N–H and O–H groups in total. The average Bonchev–Trinajstić information content (AvgIpc) is 0.835. The van der Waals surface area contributed by atoms with Gasteiger partial charge in [-0.05, 0) is 110 Å². The Hall–Kier alpha value is -8.40. The van der Waals surface area contributed by atoms with Crippen molar-refractivity contribution in [2.75, 3.05) is 145 Å². The van der Waals surface area contributed by atoms with Crippen molar-refractivity contribution >= 4 is 68.1 Å². The van der Waals surface area contributed by atoms with Crippen molar-refractivity contribution in [1.82, 2.24) is 20.1 Å². The summed E-state index contributed by atoms with van der Waals surface area (Å²) in [6, 6.07) is 13.4. The lowest BCUT2D eigenvalue weighted by Crippen LogP contribution is -2.29. The number of guanidine groups is 2. The van der Waals surface area contributed by atoms with Crippen LogP contribution in [-0.2, 0) is 77.0 Å². The van der Waals surface area contributed by atoms with Crippen molar-refractivity contribution in [2.24, 2.45) is 32.9 Å². The van der Waals surface area contributed by atoms with Gasteiger partial charge >= 0.3 is 12.2 Å². The third-order valence-electron chi connectivity index (χ3n) is 11.5. The molecule has 94 heavy (non-hydrogen) atoms. The molecule has 0 bridgehead atoms. The molecule has 0 aliphatic heterocycles. The Morgan fingerprint density at radius 1 is 0.415 bits per heavy atom. The number of halogens is 4. The molecule has 4 aromatic rings. The molecule has 0 atom stereocenters. The van der Waals surface area contributed by atoms with Crippen LogP contribution in [-0.4, -0.2) is 198 Å². The Bertz CT molecular complexity index is 3150. The molecule has 0 spiro atoms. The molecule has 36 heteroatoms. The van der Waals surface area contributed by atoms with Crippen LogP contribution in [0.5, 0.6) is 23.0 Å². The molecule has 4 amide bonds. The van der Waals surface area contributed by atoms with Crippen LogP contribution >= 0.6 is 0 Å². The predicted octanol–water partition coefficient (Wildman–Crippen LogP) is 3.08. The number of ether oxygens (including phenoxy) is 12. The van der Waals surface area contributed by atoms with Gasteiger partial charge in [-0.25, -0.2) is 53.4 Å². The maximum Gasteiger partial charge on any atom is 0.407 e. The normalized spacial score (nSPS) is 11.8. The number of sulfonamides is 2. The summed E-state index contributed by atoms with van der Waals surface area (Å²) in [5.41, 5.74) is 20.8. The Labute approximate surface area is 539 Å². The predicted molar refractivity (Wildman–Crippen MR) is 330 cm³/mol. The molecule has 0 fully saturated rings. The molecule has 518 valence electrons. The summed E-state index contributed by atoms with van der Waals surface area (Å²) in [7, 11) is -7.93. The van der Waals surface area contributed by atoms with Gasteiger partial charge in [-0.2, -0.15) is 9.98 Å². The Balaban J connectivity index is 0.867. The highest BCUT2D eigenvalue weighted by atomic mass is 32.2. The van der Waals surface area contributed by atoms with E-state index in [1.54, 1.807) is 0 Å². The first-order chi connectivity index (χ1) is 44.9. The van der Waals surface area contributed by atoms with E-state index in [4.69, 9.17) is 79.8 Å². The highest BCUT2D eigenvalue weighted by Gasteiger charge is 2.20. The van der Waals surface area contributed by atoms with E-state index in [9.17, 15) is 53.6 Å². The fraction of sp³-hybridized carbons (Fsp3) is 0.414. The van der Waals surface area contributed by atoms with E-state index in [2.05, 4.69) is 30.1 Å². The van der Waals surface area contributed by atoms with Crippen LogP contribution in [0, 0.1) is 23.3 Å². The number of hydrogen-bond donors (Lipinski definition) is 8. The van der Waals surface area contributed by atoms with E-state index in [1.807, 2.05) is 0 Å². The number of hydrogen-bond acceptors (Lipinski definition) is 20. The topological polar surface area (TPSA) is 424 Å². The fourth-order valence-corrected chi connectivity index (χ4v) is 9.20. The molecule has 30 nitrogen and oxygen atoms in total. The smallest absolute Gasteiger partial charge is 0.407 e. The van der Waals surface area contributed by atoms with Crippen LogP contribution in [0.25, 0.3) is 12.2 Å². The van der Waals surface area contributed by atoms with Crippen LogP contribution in [0.15, 0.2) is 104 Å². The number of aliphatic imine (C=N–C) groups is 2. The molecule has 0 saturated carbocycles. The second-order valence-corrected chi connectivity index (χ2v) is 22.5. The van der Waals surface area contributed by atoms with Gasteiger partial charge in [-0.1, -0.05) is 0 Å². The number of nitrogens with one attached hydrogen (secondary N) is 4. The average molecular weight is 1370 g/mol. The lowest BCUT2D eigenvalue weighted by molar-refractivity contribution is -0.115.